The second-order valence-corrected chi connectivity index (χ2v) is 5.52. The topological polar surface area (TPSA) is 53.4 Å². The van der Waals surface area contributed by atoms with Gasteiger partial charge in [0.1, 0.15) is 5.75 Å². The van der Waals surface area contributed by atoms with Gasteiger partial charge in [-0.1, -0.05) is 29.8 Å². The number of likely N-dealkylation sites (tertiary alicyclic amines) is 1. The number of nitrogens with zero attached hydrogens (tertiary/aromatic N) is 2. The van der Waals surface area contributed by atoms with E-state index >= 15 is 0 Å². The SMILES string of the molecule is Cc1ccc([C@@H]2CCN(C(=O)c3ncccc3O)C2)cc1. The highest BCUT2D eigenvalue weighted by Gasteiger charge is 2.29. The molecule has 21 heavy (non-hydrogen) atoms. The third kappa shape index (κ3) is 2.75. The largest absolute Gasteiger partial charge is 0.505 e. The van der Waals surface area contributed by atoms with Crippen LogP contribution in [0.2, 0.25) is 0 Å². The monoisotopic (exact) mass is 282 g/mol. The maximum atomic E-state index is 12.4. The fraction of sp³-hybridized carbons (Fsp3) is 0.294. The highest BCUT2D eigenvalue weighted by molar-refractivity contribution is 5.95. The summed E-state index contributed by atoms with van der Waals surface area (Å²) in [5.41, 5.74) is 2.64. The zero-order chi connectivity index (χ0) is 14.8. The van der Waals surface area contributed by atoms with Crippen molar-refractivity contribution in [3.05, 3.63) is 59.4 Å². The minimum atomic E-state index is -0.192. The maximum absolute atomic E-state index is 12.4. The molecule has 1 fully saturated rings. The van der Waals surface area contributed by atoms with E-state index in [1.165, 1.54) is 23.4 Å². The molecule has 0 saturated carbocycles. The molecule has 1 aliphatic heterocycles. The molecule has 0 radical (unpaired) electrons. The van der Waals surface area contributed by atoms with Crippen LogP contribution in [0.15, 0.2) is 42.6 Å². The van der Waals surface area contributed by atoms with Crippen LogP contribution in [0.1, 0.15) is 34.0 Å². The molecule has 2 heterocycles. The zero-order valence-electron chi connectivity index (χ0n) is 12.0. The Hall–Kier alpha value is -2.36. The fourth-order valence-electron chi connectivity index (χ4n) is 2.77. The Morgan fingerprint density at radius 1 is 1.29 bits per heavy atom. The summed E-state index contributed by atoms with van der Waals surface area (Å²) >= 11 is 0. The zero-order valence-corrected chi connectivity index (χ0v) is 12.0. The molecule has 0 spiro atoms. The number of hydrogen-bond acceptors (Lipinski definition) is 3. The molecular weight excluding hydrogens is 264 g/mol. The Balaban J connectivity index is 1.74. The van der Waals surface area contributed by atoms with Crippen molar-refractivity contribution in [2.45, 2.75) is 19.3 Å². The number of aryl methyl sites for hydroxylation is 1. The first-order valence-corrected chi connectivity index (χ1v) is 7.15. The highest BCUT2D eigenvalue weighted by atomic mass is 16.3. The van der Waals surface area contributed by atoms with Crippen molar-refractivity contribution < 1.29 is 9.90 Å². The van der Waals surface area contributed by atoms with Gasteiger partial charge in [0.25, 0.3) is 5.91 Å². The normalized spacial score (nSPS) is 18.0. The predicted molar refractivity (Wildman–Crippen MR) is 80.3 cm³/mol. The van der Waals surface area contributed by atoms with Crippen molar-refractivity contribution in [3.63, 3.8) is 0 Å². The third-order valence-corrected chi connectivity index (χ3v) is 4.01. The van der Waals surface area contributed by atoms with E-state index in [2.05, 4.69) is 36.2 Å². The minimum Gasteiger partial charge on any atom is -0.505 e. The van der Waals surface area contributed by atoms with Crippen LogP contribution in [0.4, 0.5) is 0 Å². The van der Waals surface area contributed by atoms with Gasteiger partial charge in [0.05, 0.1) is 0 Å². The van der Waals surface area contributed by atoms with Crippen molar-refractivity contribution >= 4 is 5.91 Å². The number of benzene rings is 1. The van der Waals surface area contributed by atoms with E-state index in [9.17, 15) is 9.90 Å². The van der Waals surface area contributed by atoms with Crippen LogP contribution in [-0.2, 0) is 0 Å². The molecular formula is C17H18N2O2. The van der Waals surface area contributed by atoms with Crippen molar-refractivity contribution in [1.82, 2.24) is 9.88 Å². The summed E-state index contributed by atoms with van der Waals surface area (Å²) in [7, 11) is 0. The van der Waals surface area contributed by atoms with E-state index in [4.69, 9.17) is 0 Å². The van der Waals surface area contributed by atoms with Crippen LogP contribution >= 0.6 is 0 Å². The minimum absolute atomic E-state index is 0.0544. The molecule has 1 N–H and O–H groups in total. The molecule has 0 unspecified atom stereocenters. The van der Waals surface area contributed by atoms with E-state index in [1.807, 2.05) is 0 Å². The first-order valence-electron chi connectivity index (χ1n) is 7.15. The maximum Gasteiger partial charge on any atom is 0.276 e. The Bertz CT molecular complexity index is 652. The number of aromatic hydroxyl groups is 1. The molecule has 1 aromatic heterocycles. The molecule has 2 aromatic rings. The number of aromatic nitrogens is 1. The number of hydrogen-bond donors (Lipinski definition) is 1. The smallest absolute Gasteiger partial charge is 0.276 e. The second kappa shape index (κ2) is 5.56. The lowest BCUT2D eigenvalue weighted by molar-refractivity contribution is 0.0781. The fourth-order valence-corrected chi connectivity index (χ4v) is 2.77. The van der Waals surface area contributed by atoms with Gasteiger partial charge in [0, 0.05) is 25.2 Å². The van der Waals surface area contributed by atoms with Crippen molar-refractivity contribution in [3.8, 4) is 5.75 Å². The summed E-state index contributed by atoms with van der Waals surface area (Å²) < 4.78 is 0. The Kier molecular flexibility index (Phi) is 3.60. The van der Waals surface area contributed by atoms with E-state index in [0.29, 0.717) is 19.0 Å². The molecule has 0 bridgehead atoms. The lowest BCUT2D eigenvalue weighted by atomic mass is 9.98. The average Bonchev–Trinajstić information content (AvgIpc) is 2.98. The first-order chi connectivity index (χ1) is 10.1. The number of carbonyl (C=O) groups is 1. The van der Waals surface area contributed by atoms with E-state index in [-0.39, 0.29) is 17.4 Å². The lowest BCUT2D eigenvalue weighted by Gasteiger charge is -2.16. The summed E-state index contributed by atoms with van der Waals surface area (Å²) in [5.74, 6) is 0.115. The number of pyridine rings is 1. The Morgan fingerprint density at radius 2 is 2.05 bits per heavy atom. The molecule has 3 rings (SSSR count). The van der Waals surface area contributed by atoms with E-state index in [0.717, 1.165) is 6.42 Å². The molecule has 4 heteroatoms. The van der Waals surface area contributed by atoms with Gasteiger partial charge in [-0.25, -0.2) is 4.98 Å². The van der Waals surface area contributed by atoms with Crippen LogP contribution < -0.4 is 0 Å². The first kappa shape index (κ1) is 13.6. The van der Waals surface area contributed by atoms with Gasteiger partial charge in [-0.3, -0.25) is 4.79 Å². The van der Waals surface area contributed by atoms with Crippen molar-refractivity contribution in [2.75, 3.05) is 13.1 Å². The van der Waals surface area contributed by atoms with Crippen LogP contribution in [0.3, 0.4) is 0 Å². The predicted octanol–water partition coefficient (Wildman–Crippen LogP) is 2.73. The summed E-state index contributed by atoms with van der Waals surface area (Å²) in [6, 6.07) is 11.6. The van der Waals surface area contributed by atoms with Gasteiger partial charge < -0.3 is 10.0 Å². The third-order valence-electron chi connectivity index (χ3n) is 4.01. The number of amides is 1. The van der Waals surface area contributed by atoms with Gasteiger partial charge in [-0.2, -0.15) is 0 Å². The van der Waals surface area contributed by atoms with Gasteiger partial charge in [0.2, 0.25) is 0 Å². The van der Waals surface area contributed by atoms with Crippen LogP contribution in [0, 0.1) is 6.92 Å². The van der Waals surface area contributed by atoms with Gasteiger partial charge >= 0.3 is 0 Å². The number of carbonyl (C=O) groups excluding carboxylic acids is 1. The van der Waals surface area contributed by atoms with Crippen LogP contribution in [0.25, 0.3) is 0 Å². The molecule has 1 atom stereocenters. The van der Waals surface area contributed by atoms with Crippen molar-refractivity contribution in [2.24, 2.45) is 0 Å². The quantitative estimate of drug-likeness (QED) is 0.921. The summed E-state index contributed by atoms with van der Waals surface area (Å²) in [6.07, 6.45) is 2.48. The summed E-state index contributed by atoms with van der Waals surface area (Å²) in [6.45, 7) is 3.45. The van der Waals surface area contributed by atoms with E-state index in [1.54, 1.807) is 11.0 Å². The molecule has 1 aliphatic rings. The van der Waals surface area contributed by atoms with Gasteiger partial charge in [-0.05, 0) is 31.0 Å². The number of rotatable bonds is 2. The van der Waals surface area contributed by atoms with Crippen LogP contribution in [0.5, 0.6) is 5.75 Å². The van der Waals surface area contributed by atoms with Gasteiger partial charge in [0.15, 0.2) is 5.69 Å². The highest BCUT2D eigenvalue weighted by Crippen LogP contribution is 2.29. The Labute approximate surface area is 124 Å². The summed E-state index contributed by atoms with van der Waals surface area (Å²) in [4.78, 5) is 18.2. The Morgan fingerprint density at radius 3 is 2.76 bits per heavy atom. The van der Waals surface area contributed by atoms with E-state index < -0.39 is 0 Å². The summed E-state index contributed by atoms with van der Waals surface area (Å²) in [5, 5.41) is 9.74. The lowest BCUT2D eigenvalue weighted by Crippen LogP contribution is -2.29. The molecule has 0 aliphatic carbocycles. The second-order valence-electron chi connectivity index (χ2n) is 5.52. The van der Waals surface area contributed by atoms with Crippen LogP contribution in [-0.4, -0.2) is 34.0 Å². The standard InChI is InChI=1S/C17H18N2O2/c1-12-4-6-13(7-5-12)14-8-10-19(11-14)17(21)16-15(20)3-2-9-18-16/h2-7,9,14,20H,8,10-11H2,1H3/t14-/m1/s1. The average molecular weight is 282 g/mol. The van der Waals surface area contributed by atoms with Crippen molar-refractivity contribution in [1.29, 1.82) is 0 Å². The molecule has 108 valence electrons. The molecule has 1 amide bonds. The molecule has 1 aromatic carbocycles. The molecule has 1 saturated heterocycles. The molecule has 4 nitrogen and oxygen atoms in total. The van der Waals surface area contributed by atoms with Gasteiger partial charge in [-0.15, -0.1) is 0 Å².